The molecule has 34 heavy (non-hydrogen) atoms. The van der Waals surface area contributed by atoms with E-state index in [0.717, 1.165) is 28.2 Å². The predicted molar refractivity (Wildman–Crippen MR) is 132 cm³/mol. The first-order chi connectivity index (χ1) is 16.5. The molecule has 1 atom stereocenters. The zero-order chi connectivity index (χ0) is 23.7. The molecule has 1 N–H and O–H groups in total. The molecule has 1 fully saturated rings. The van der Waals surface area contributed by atoms with Gasteiger partial charge in [-0.3, -0.25) is 14.8 Å². The van der Waals surface area contributed by atoms with E-state index in [1.54, 1.807) is 18.6 Å². The minimum Gasteiger partial charge on any atom is -0.321 e. The van der Waals surface area contributed by atoms with E-state index in [-0.39, 0.29) is 11.9 Å². The number of hydrogen-bond donors (Lipinski definition) is 1. The second-order valence-corrected chi connectivity index (χ2v) is 9.26. The smallest absolute Gasteiger partial charge is 0.274 e. The Kier molecular flexibility index (Phi) is 5.92. The maximum absolute atomic E-state index is 13.0. The van der Waals surface area contributed by atoms with Gasteiger partial charge in [-0.15, -0.1) is 10.2 Å². The molecule has 0 saturated heterocycles. The van der Waals surface area contributed by atoms with Crippen molar-refractivity contribution in [1.29, 1.82) is 0 Å². The highest BCUT2D eigenvalue weighted by Gasteiger charge is 2.24. The van der Waals surface area contributed by atoms with Crippen LogP contribution < -0.4 is 5.32 Å². The fourth-order valence-corrected chi connectivity index (χ4v) is 3.93. The second kappa shape index (κ2) is 9.17. The topological polar surface area (TPSA) is 85.6 Å². The van der Waals surface area contributed by atoms with Crippen molar-refractivity contribution in [2.24, 2.45) is 5.92 Å². The van der Waals surface area contributed by atoms with E-state index < -0.39 is 0 Å². The van der Waals surface area contributed by atoms with Gasteiger partial charge in [-0.05, 0) is 61.6 Å². The number of nitrogens with zero attached hydrogens (tertiary/aromatic N) is 5. The molecule has 3 aromatic heterocycles. The van der Waals surface area contributed by atoms with Crippen molar-refractivity contribution >= 4 is 11.6 Å². The van der Waals surface area contributed by atoms with Gasteiger partial charge in [0.05, 0.1) is 0 Å². The molecule has 1 saturated carbocycles. The van der Waals surface area contributed by atoms with Gasteiger partial charge in [0.15, 0.2) is 5.82 Å². The van der Waals surface area contributed by atoms with E-state index in [1.165, 1.54) is 12.8 Å². The Balaban J connectivity index is 1.34. The summed E-state index contributed by atoms with van der Waals surface area (Å²) in [6.45, 7) is 6.49. The Bertz CT molecular complexity index is 1310. The van der Waals surface area contributed by atoms with E-state index in [2.05, 4.69) is 63.0 Å². The third-order valence-electron chi connectivity index (χ3n) is 6.46. The van der Waals surface area contributed by atoms with Crippen molar-refractivity contribution in [2.45, 2.75) is 45.6 Å². The van der Waals surface area contributed by atoms with Crippen LogP contribution in [-0.2, 0) is 0 Å². The maximum Gasteiger partial charge on any atom is 0.274 e. The molecule has 1 unspecified atom stereocenters. The van der Waals surface area contributed by atoms with E-state index >= 15 is 0 Å². The van der Waals surface area contributed by atoms with Crippen molar-refractivity contribution in [3.63, 3.8) is 0 Å². The fraction of sp³-hybridized carbons (Fsp3) is 0.296. The predicted octanol–water partition coefficient (Wildman–Crippen LogP) is 5.75. The third-order valence-corrected chi connectivity index (χ3v) is 6.46. The molecular weight excluding hydrogens is 424 g/mol. The van der Waals surface area contributed by atoms with Crippen molar-refractivity contribution in [1.82, 2.24) is 24.7 Å². The van der Waals surface area contributed by atoms with E-state index in [9.17, 15) is 4.79 Å². The molecule has 7 nitrogen and oxygen atoms in total. The highest BCUT2D eigenvalue weighted by Crippen LogP contribution is 2.39. The molecule has 0 radical (unpaired) electrons. The summed E-state index contributed by atoms with van der Waals surface area (Å²) in [5, 5.41) is 11.4. The number of benzene rings is 1. The van der Waals surface area contributed by atoms with Crippen LogP contribution in [0.15, 0.2) is 67.3 Å². The molecule has 0 aliphatic heterocycles. The molecule has 4 aromatic rings. The summed E-state index contributed by atoms with van der Waals surface area (Å²) in [7, 11) is 0. The first-order valence-electron chi connectivity index (χ1n) is 11.7. The summed E-state index contributed by atoms with van der Waals surface area (Å²) in [4.78, 5) is 21.9. The zero-order valence-electron chi connectivity index (χ0n) is 19.6. The number of carbonyl (C=O) groups excluding carboxylic acids is 1. The quantitative estimate of drug-likeness (QED) is 0.386. The molecule has 1 aromatic carbocycles. The van der Waals surface area contributed by atoms with Crippen LogP contribution in [0.2, 0.25) is 0 Å². The number of pyridine rings is 2. The van der Waals surface area contributed by atoms with Gasteiger partial charge in [-0.1, -0.05) is 32.0 Å². The van der Waals surface area contributed by atoms with Gasteiger partial charge in [0.2, 0.25) is 0 Å². The lowest BCUT2D eigenvalue weighted by Crippen LogP contribution is -2.14. The lowest BCUT2D eigenvalue weighted by molar-refractivity contribution is 0.102. The van der Waals surface area contributed by atoms with Crippen LogP contribution in [0.4, 0.5) is 5.69 Å². The molecular formula is C27H28N6O. The largest absolute Gasteiger partial charge is 0.321 e. The number of amides is 1. The Morgan fingerprint density at radius 2 is 1.85 bits per heavy atom. The Morgan fingerprint density at radius 3 is 2.59 bits per heavy atom. The average Bonchev–Trinajstić information content (AvgIpc) is 3.60. The summed E-state index contributed by atoms with van der Waals surface area (Å²) in [6, 6.07) is 15.7. The van der Waals surface area contributed by atoms with Crippen LogP contribution >= 0.6 is 0 Å². The Hall–Kier alpha value is -3.87. The lowest BCUT2D eigenvalue weighted by Gasteiger charge is -2.19. The fourth-order valence-electron chi connectivity index (χ4n) is 3.93. The van der Waals surface area contributed by atoms with E-state index in [4.69, 9.17) is 0 Å². The number of nitrogens with one attached hydrogen (secondary N) is 1. The van der Waals surface area contributed by atoms with Crippen molar-refractivity contribution < 1.29 is 4.79 Å². The highest BCUT2D eigenvalue weighted by atomic mass is 16.1. The summed E-state index contributed by atoms with van der Waals surface area (Å²) in [5.41, 5.74) is 4.96. The number of carbonyl (C=O) groups is 1. The van der Waals surface area contributed by atoms with Gasteiger partial charge in [0.1, 0.15) is 12.0 Å². The number of aromatic nitrogens is 5. The van der Waals surface area contributed by atoms with Gasteiger partial charge in [-0.25, -0.2) is 0 Å². The minimum absolute atomic E-state index is 0.253. The van der Waals surface area contributed by atoms with Crippen LogP contribution in [0.1, 0.15) is 61.8 Å². The maximum atomic E-state index is 13.0. The molecule has 5 rings (SSSR count). The summed E-state index contributed by atoms with van der Waals surface area (Å²) < 4.78 is 2.07. The molecule has 1 amide bonds. The molecule has 3 heterocycles. The SMILES string of the molecule is CC(C)C(C)n1cnnc1-c1cccc(NC(=O)c2cc(-c3ccc(C4CC4)nc3)ccn2)c1. The van der Waals surface area contributed by atoms with Crippen LogP contribution in [0.3, 0.4) is 0 Å². The molecule has 1 aliphatic rings. The van der Waals surface area contributed by atoms with Crippen LogP contribution in [0.25, 0.3) is 22.5 Å². The van der Waals surface area contributed by atoms with E-state index in [0.29, 0.717) is 23.2 Å². The Morgan fingerprint density at radius 1 is 1.00 bits per heavy atom. The molecule has 1 aliphatic carbocycles. The van der Waals surface area contributed by atoms with Crippen LogP contribution in [0.5, 0.6) is 0 Å². The monoisotopic (exact) mass is 452 g/mol. The van der Waals surface area contributed by atoms with Crippen LogP contribution in [0, 0.1) is 5.92 Å². The van der Waals surface area contributed by atoms with Crippen molar-refractivity contribution in [3.05, 3.63) is 78.6 Å². The average molecular weight is 453 g/mol. The first-order valence-corrected chi connectivity index (χ1v) is 11.7. The van der Waals surface area contributed by atoms with Gasteiger partial charge in [0.25, 0.3) is 5.91 Å². The summed E-state index contributed by atoms with van der Waals surface area (Å²) in [6.07, 6.45) is 7.74. The first kappa shape index (κ1) is 21.9. The number of rotatable bonds is 7. The second-order valence-electron chi connectivity index (χ2n) is 9.26. The van der Waals surface area contributed by atoms with Gasteiger partial charge in [-0.2, -0.15) is 0 Å². The lowest BCUT2D eigenvalue weighted by atomic mass is 10.1. The molecule has 0 spiro atoms. The summed E-state index contributed by atoms with van der Waals surface area (Å²) >= 11 is 0. The standard InChI is InChI=1S/C27H28N6O/c1-17(2)18(3)33-16-30-32-26(33)21-5-4-6-23(13-21)31-27(34)25-14-20(11-12-28-25)22-9-10-24(29-15-22)19-7-8-19/h4-6,9-19H,7-8H2,1-3H3,(H,31,34). The van der Waals surface area contributed by atoms with Gasteiger partial charge < -0.3 is 9.88 Å². The van der Waals surface area contributed by atoms with Gasteiger partial charge >= 0.3 is 0 Å². The zero-order valence-corrected chi connectivity index (χ0v) is 19.6. The molecule has 7 heteroatoms. The summed E-state index contributed by atoms with van der Waals surface area (Å²) in [5.74, 6) is 1.57. The minimum atomic E-state index is -0.265. The van der Waals surface area contributed by atoms with Crippen molar-refractivity contribution in [2.75, 3.05) is 5.32 Å². The Labute approximate surface area is 199 Å². The normalized spacial score (nSPS) is 14.2. The molecule has 0 bridgehead atoms. The highest BCUT2D eigenvalue weighted by molar-refractivity contribution is 6.03. The van der Waals surface area contributed by atoms with Gasteiger partial charge in [0, 0.05) is 46.9 Å². The van der Waals surface area contributed by atoms with E-state index in [1.807, 2.05) is 36.5 Å². The number of hydrogen-bond acceptors (Lipinski definition) is 5. The number of anilines is 1. The third kappa shape index (κ3) is 4.59. The van der Waals surface area contributed by atoms with Crippen molar-refractivity contribution in [3.8, 4) is 22.5 Å². The molecule has 172 valence electrons. The van der Waals surface area contributed by atoms with Crippen LogP contribution in [-0.4, -0.2) is 30.6 Å².